The van der Waals surface area contributed by atoms with Gasteiger partial charge in [-0.1, -0.05) is 0 Å². The molecule has 0 atom stereocenters. The van der Waals surface area contributed by atoms with E-state index in [4.69, 9.17) is 4.74 Å². The van der Waals surface area contributed by atoms with E-state index in [1.54, 1.807) is 34.9 Å². The van der Waals surface area contributed by atoms with E-state index in [1.165, 1.54) is 0 Å². The van der Waals surface area contributed by atoms with Crippen molar-refractivity contribution in [2.45, 2.75) is 13.3 Å². The molecule has 0 aromatic heterocycles. The van der Waals surface area contributed by atoms with Gasteiger partial charge in [0, 0.05) is 38.7 Å². The lowest BCUT2D eigenvalue weighted by Gasteiger charge is -2.23. The number of nitrogens with one attached hydrogen (secondary N) is 1. The van der Waals surface area contributed by atoms with Gasteiger partial charge in [0.25, 0.3) is 11.8 Å². The molecular weight excluding hydrogens is 298 g/mol. The van der Waals surface area contributed by atoms with Gasteiger partial charge in [0.15, 0.2) is 6.61 Å². The molecule has 2 aliphatic heterocycles. The highest BCUT2D eigenvalue weighted by Gasteiger charge is 2.23. The van der Waals surface area contributed by atoms with Gasteiger partial charge in [0.1, 0.15) is 5.75 Å². The molecule has 23 heavy (non-hydrogen) atoms. The predicted octanol–water partition coefficient (Wildman–Crippen LogP) is 0.712. The van der Waals surface area contributed by atoms with Gasteiger partial charge in [0.2, 0.25) is 5.91 Å². The minimum Gasteiger partial charge on any atom is -0.482 e. The van der Waals surface area contributed by atoms with Crippen molar-refractivity contribution in [3.63, 3.8) is 0 Å². The molecule has 1 aromatic carbocycles. The Morgan fingerprint density at radius 2 is 1.87 bits per heavy atom. The fourth-order valence-corrected chi connectivity index (χ4v) is 2.83. The number of amides is 3. The molecule has 2 heterocycles. The molecule has 3 amide bonds. The average molecular weight is 317 g/mol. The molecule has 0 bridgehead atoms. The number of carbonyl (C=O) groups excluding carboxylic acids is 3. The summed E-state index contributed by atoms with van der Waals surface area (Å²) in [4.78, 5) is 39.0. The Morgan fingerprint density at radius 3 is 2.65 bits per heavy atom. The number of nitrogens with zero attached hydrogens (tertiary/aromatic N) is 2. The van der Waals surface area contributed by atoms with Crippen molar-refractivity contribution in [3.8, 4) is 5.75 Å². The van der Waals surface area contributed by atoms with Crippen LogP contribution in [0.15, 0.2) is 18.2 Å². The smallest absolute Gasteiger partial charge is 0.262 e. The van der Waals surface area contributed by atoms with Gasteiger partial charge < -0.3 is 19.9 Å². The van der Waals surface area contributed by atoms with Crippen LogP contribution in [-0.2, 0) is 9.59 Å². The Bertz CT molecular complexity index is 659. The van der Waals surface area contributed by atoms with Gasteiger partial charge in [-0.15, -0.1) is 0 Å². The number of hydrogen-bond acceptors (Lipinski definition) is 4. The fraction of sp³-hybridized carbons (Fsp3) is 0.438. The summed E-state index contributed by atoms with van der Waals surface area (Å²) in [6.07, 6.45) is 0.760. The summed E-state index contributed by atoms with van der Waals surface area (Å²) in [5.74, 6) is 0.278. The van der Waals surface area contributed by atoms with Crippen molar-refractivity contribution < 1.29 is 19.1 Å². The van der Waals surface area contributed by atoms with Crippen LogP contribution in [0.25, 0.3) is 0 Å². The highest BCUT2D eigenvalue weighted by atomic mass is 16.5. The molecule has 122 valence electrons. The summed E-state index contributed by atoms with van der Waals surface area (Å²) in [5.41, 5.74) is 1.03. The molecule has 0 spiro atoms. The lowest BCUT2D eigenvalue weighted by atomic mass is 10.1. The van der Waals surface area contributed by atoms with Crippen molar-refractivity contribution >= 4 is 23.4 Å². The van der Waals surface area contributed by atoms with Crippen molar-refractivity contribution in [2.75, 3.05) is 38.1 Å². The van der Waals surface area contributed by atoms with E-state index in [9.17, 15) is 14.4 Å². The first kappa shape index (κ1) is 15.3. The number of hydrogen-bond donors (Lipinski definition) is 1. The molecular formula is C16H19N3O4. The first-order valence-electron chi connectivity index (χ1n) is 7.66. The van der Waals surface area contributed by atoms with Crippen LogP contribution in [0.5, 0.6) is 5.75 Å². The zero-order valence-electron chi connectivity index (χ0n) is 13.0. The minimum absolute atomic E-state index is 0.00665. The Kier molecular flexibility index (Phi) is 4.18. The number of carbonyl (C=O) groups is 3. The summed E-state index contributed by atoms with van der Waals surface area (Å²) in [6.45, 7) is 3.89. The molecule has 1 fully saturated rings. The van der Waals surface area contributed by atoms with Gasteiger partial charge in [-0.2, -0.15) is 0 Å². The van der Waals surface area contributed by atoms with Gasteiger partial charge in [0.05, 0.1) is 5.69 Å². The zero-order chi connectivity index (χ0) is 16.4. The van der Waals surface area contributed by atoms with Gasteiger partial charge >= 0.3 is 0 Å². The number of ether oxygens (including phenoxy) is 1. The summed E-state index contributed by atoms with van der Waals surface area (Å²) in [6, 6.07) is 5.04. The van der Waals surface area contributed by atoms with Crippen molar-refractivity contribution in [1.82, 2.24) is 9.80 Å². The van der Waals surface area contributed by atoms with Crippen molar-refractivity contribution in [3.05, 3.63) is 23.8 Å². The van der Waals surface area contributed by atoms with E-state index in [-0.39, 0.29) is 24.3 Å². The van der Waals surface area contributed by atoms with Gasteiger partial charge in [-0.25, -0.2) is 0 Å². The fourth-order valence-electron chi connectivity index (χ4n) is 2.83. The van der Waals surface area contributed by atoms with Crippen LogP contribution in [0, 0.1) is 0 Å². The SMILES string of the molecule is CC(=O)N1CCCN(C(=O)c2ccc3c(c2)NC(=O)CO3)CC1. The zero-order valence-corrected chi connectivity index (χ0v) is 13.0. The molecule has 0 saturated carbocycles. The van der Waals surface area contributed by atoms with Gasteiger partial charge in [-0.05, 0) is 24.6 Å². The Morgan fingerprint density at radius 1 is 1.13 bits per heavy atom. The highest BCUT2D eigenvalue weighted by Crippen LogP contribution is 2.29. The van der Waals surface area contributed by atoms with Crippen LogP contribution in [0.1, 0.15) is 23.7 Å². The maximum Gasteiger partial charge on any atom is 0.262 e. The molecule has 1 saturated heterocycles. The van der Waals surface area contributed by atoms with E-state index in [2.05, 4.69) is 5.32 Å². The molecule has 1 N–H and O–H groups in total. The van der Waals surface area contributed by atoms with E-state index in [1.807, 2.05) is 0 Å². The van der Waals surface area contributed by atoms with E-state index >= 15 is 0 Å². The summed E-state index contributed by atoms with van der Waals surface area (Å²) in [7, 11) is 0. The number of fused-ring (bicyclic) bond motifs is 1. The number of anilines is 1. The normalized spacial score (nSPS) is 17.7. The van der Waals surface area contributed by atoms with Crippen molar-refractivity contribution in [1.29, 1.82) is 0 Å². The van der Waals surface area contributed by atoms with Gasteiger partial charge in [-0.3, -0.25) is 14.4 Å². The standard InChI is InChI=1S/C16H19N3O4/c1-11(20)18-5-2-6-19(8-7-18)16(22)12-3-4-14-13(9-12)17-15(21)10-23-14/h3-4,9H,2,5-8,10H2,1H3,(H,17,21). The second kappa shape index (κ2) is 6.28. The van der Waals surface area contributed by atoms with E-state index in [0.29, 0.717) is 43.2 Å². The predicted molar refractivity (Wildman–Crippen MR) is 83.3 cm³/mol. The molecule has 0 unspecified atom stereocenters. The molecule has 0 radical (unpaired) electrons. The Balaban J connectivity index is 1.74. The third kappa shape index (κ3) is 3.28. The maximum atomic E-state index is 12.7. The van der Waals surface area contributed by atoms with Crippen LogP contribution >= 0.6 is 0 Å². The molecule has 2 aliphatic rings. The van der Waals surface area contributed by atoms with E-state index < -0.39 is 0 Å². The highest BCUT2D eigenvalue weighted by molar-refractivity contribution is 5.99. The van der Waals surface area contributed by atoms with Crippen LogP contribution in [0.4, 0.5) is 5.69 Å². The summed E-state index contributed by atoms with van der Waals surface area (Å²) in [5, 5.41) is 2.70. The maximum absolute atomic E-state index is 12.7. The Hall–Kier alpha value is -2.57. The molecule has 7 heteroatoms. The third-order valence-electron chi connectivity index (χ3n) is 4.09. The minimum atomic E-state index is -0.228. The van der Waals surface area contributed by atoms with E-state index in [0.717, 1.165) is 6.42 Å². The number of rotatable bonds is 1. The molecule has 1 aromatic rings. The first-order valence-corrected chi connectivity index (χ1v) is 7.66. The summed E-state index contributed by atoms with van der Waals surface area (Å²) < 4.78 is 5.30. The van der Waals surface area contributed by atoms with Crippen LogP contribution < -0.4 is 10.1 Å². The third-order valence-corrected chi connectivity index (χ3v) is 4.09. The van der Waals surface area contributed by atoms with Crippen LogP contribution in [0.3, 0.4) is 0 Å². The average Bonchev–Trinajstić information content (AvgIpc) is 2.79. The Labute approximate surface area is 134 Å². The molecule has 0 aliphatic carbocycles. The molecule has 7 nitrogen and oxygen atoms in total. The monoisotopic (exact) mass is 317 g/mol. The topological polar surface area (TPSA) is 79.0 Å². The van der Waals surface area contributed by atoms with Crippen molar-refractivity contribution in [2.24, 2.45) is 0 Å². The number of benzene rings is 1. The lowest BCUT2D eigenvalue weighted by Crippen LogP contribution is -2.36. The quantitative estimate of drug-likeness (QED) is 0.827. The lowest BCUT2D eigenvalue weighted by molar-refractivity contribution is -0.128. The second-order valence-electron chi connectivity index (χ2n) is 5.70. The van der Waals surface area contributed by atoms with Crippen LogP contribution in [0.2, 0.25) is 0 Å². The summed E-state index contributed by atoms with van der Waals surface area (Å²) >= 11 is 0. The van der Waals surface area contributed by atoms with Crippen LogP contribution in [-0.4, -0.2) is 60.3 Å². The second-order valence-corrected chi connectivity index (χ2v) is 5.70. The largest absolute Gasteiger partial charge is 0.482 e. The first-order chi connectivity index (χ1) is 11.0. The molecule has 3 rings (SSSR count).